The maximum Gasteiger partial charge on any atom is 0.266 e. The molecule has 1 aromatic heterocycles. The van der Waals surface area contributed by atoms with Gasteiger partial charge in [-0.1, -0.05) is 78.9 Å². The lowest BCUT2D eigenvalue weighted by molar-refractivity contribution is 0.0945. The van der Waals surface area contributed by atoms with E-state index in [2.05, 4.69) is 20.7 Å². The highest BCUT2D eigenvalue weighted by molar-refractivity contribution is 7.89. The van der Waals surface area contributed by atoms with E-state index in [0.717, 1.165) is 16.8 Å². The number of carbonyl (C=O) groups is 1. The number of para-hydroxylation sites is 1. The number of benzene rings is 4. The lowest BCUT2D eigenvalue weighted by Crippen LogP contribution is -2.41. The van der Waals surface area contributed by atoms with E-state index in [1.165, 1.54) is 12.1 Å². The summed E-state index contributed by atoms with van der Waals surface area (Å²) in [6.07, 6.45) is 0. The SMILES string of the molecule is O=C(NNS(=O)(=O)c1ccccc1)c1ccc(CNc2nc(-c3ccccc3)n(-c3ccccc3)n2)cc1. The van der Waals surface area contributed by atoms with Gasteiger partial charge in [0.2, 0.25) is 5.95 Å². The Morgan fingerprint density at radius 3 is 2.03 bits per heavy atom. The van der Waals surface area contributed by atoms with Crippen LogP contribution in [-0.4, -0.2) is 29.1 Å². The number of sulfonamides is 1. The molecular formula is C28H24N6O3S. The largest absolute Gasteiger partial charge is 0.349 e. The second kappa shape index (κ2) is 11.1. The van der Waals surface area contributed by atoms with Crippen molar-refractivity contribution in [2.24, 2.45) is 0 Å². The van der Waals surface area contributed by atoms with Crippen LogP contribution in [0, 0.1) is 0 Å². The molecule has 10 heteroatoms. The molecule has 9 nitrogen and oxygen atoms in total. The number of aromatic nitrogens is 3. The molecule has 5 aromatic rings. The van der Waals surface area contributed by atoms with Gasteiger partial charge in [-0.15, -0.1) is 9.93 Å². The van der Waals surface area contributed by atoms with Crippen LogP contribution in [0.2, 0.25) is 0 Å². The standard InChI is InChI=1S/C28H24N6O3S/c35-27(31-33-38(36,37)25-14-8-3-9-15-25)23-18-16-21(17-19-23)20-29-28-30-26(22-10-4-1-5-11-22)34(32-28)24-12-6-2-7-13-24/h1-19,33H,20H2,(H,29,32)(H,31,35). The predicted octanol–water partition coefficient (Wildman–Crippen LogP) is 4.17. The molecule has 0 radical (unpaired) electrons. The van der Waals surface area contributed by atoms with Gasteiger partial charge in [0, 0.05) is 17.7 Å². The molecule has 4 aromatic carbocycles. The van der Waals surface area contributed by atoms with Crippen LogP contribution in [-0.2, 0) is 16.6 Å². The summed E-state index contributed by atoms with van der Waals surface area (Å²) < 4.78 is 26.4. The molecule has 0 saturated heterocycles. The second-order valence-electron chi connectivity index (χ2n) is 8.30. The Labute approximate surface area is 220 Å². The van der Waals surface area contributed by atoms with Gasteiger partial charge in [-0.25, -0.2) is 13.1 Å². The molecule has 5 rings (SSSR count). The van der Waals surface area contributed by atoms with Crippen molar-refractivity contribution >= 4 is 21.9 Å². The minimum absolute atomic E-state index is 0.0560. The monoisotopic (exact) mass is 524 g/mol. The van der Waals surface area contributed by atoms with Crippen molar-refractivity contribution in [2.75, 3.05) is 5.32 Å². The highest BCUT2D eigenvalue weighted by Gasteiger charge is 2.16. The van der Waals surface area contributed by atoms with E-state index in [4.69, 9.17) is 4.98 Å². The van der Waals surface area contributed by atoms with Gasteiger partial charge in [0.15, 0.2) is 5.82 Å². The van der Waals surface area contributed by atoms with Crippen LogP contribution in [0.3, 0.4) is 0 Å². The molecule has 0 fully saturated rings. The Hall–Kier alpha value is -4.80. The minimum Gasteiger partial charge on any atom is -0.349 e. The normalized spacial score (nSPS) is 11.2. The zero-order valence-corrected chi connectivity index (χ0v) is 21.0. The number of hydrogen-bond donors (Lipinski definition) is 3. The minimum atomic E-state index is -3.86. The summed E-state index contributed by atoms with van der Waals surface area (Å²) in [5.41, 5.74) is 5.27. The zero-order valence-electron chi connectivity index (χ0n) is 20.2. The molecule has 0 spiro atoms. The molecule has 0 bridgehead atoms. The summed E-state index contributed by atoms with van der Waals surface area (Å²) in [5, 5.41) is 7.89. The topological polar surface area (TPSA) is 118 Å². The van der Waals surface area contributed by atoms with Crippen molar-refractivity contribution in [1.82, 2.24) is 25.0 Å². The maximum absolute atomic E-state index is 12.4. The highest BCUT2D eigenvalue weighted by atomic mass is 32.2. The van der Waals surface area contributed by atoms with Gasteiger partial charge >= 0.3 is 0 Å². The fourth-order valence-electron chi connectivity index (χ4n) is 3.71. The number of hydrogen-bond acceptors (Lipinski definition) is 6. The number of amides is 1. The smallest absolute Gasteiger partial charge is 0.266 e. The number of nitrogens with zero attached hydrogens (tertiary/aromatic N) is 3. The van der Waals surface area contributed by atoms with Crippen molar-refractivity contribution in [3.63, 3.8) is 0 Å². The third-order valence-corrected chi connectivity index (χ3v) is 6.92. The average Bonchev–Trinajstić information content (AvgIpc) is 3.41. The first-order valence-corrected chi connectivity index (χ1v) is 13.3. The summed E-state index contributed by atoms with van der Waals surface area (Å²) in [5.74, 6) is 0.605. The van der Waals surface area contributed by atoms with Crippen molar-refractivity contribution in [1.29, 1.82) is 0 Å². The van der Waals surface area contributed by atoms with E-state index in [9.17, 15) is 13.2 Å². The number of nitrogens with one attached hydrogen (secondary N) is 3. The van der Waals surface area contributed by atoms with Crippen LogP contribution in [0.15, 0.2) is 120 Å². The molecule has 190 valence electrons. The van der Waals surface area contributed by atoms with Crippen LogP contribution in [0.25, 0.3) is 17.1 Å². The van der Waals surface area contributed by atoms with Crippen molar-refractivity contribution in [3.8, 4) is 17.1 Å². The van der Waals surface area contributed by atoms with Crippen molar-refractivity contribution in [2.45, 2.75) is 11.4 Å². The first-order chi connectivity index (χ1) is 18.5. The van der Waals surface area contributed by atoms with E-state index in [-0.39, 0.29) is 4.90 Å². The summed E-state index contributed by atoms with van der Waals surface area (Å²) in [7, 11) is -3.86. The van der Waals surface area contributed by atoms with Crippen LogP contribution >= 0.6 is 0 Å². The summed E-state index contributed by atoms with van der Waals surface area (Å²) in [6.45, 7) is 0.426. The Morgan fingerprint density at radius 2 is 1.37 bits per heavy atom. The van der Waals surface area contributed by atoms with Crippen LogP contribution in [0.1, 0.15) is 15.9 Å². The molecule has 0 aliphatic carbocycles. The predicted molar refractivity (Wildman–Crippen MR) is 145 cm³/mol. The Morgan fingerprint density at radius 1 is 0.763 bits per heavy atom. The van der Waals surface area contributed by atoms with Gasteiger partial charge in [0.1, 0.15) is 0 Å². The van der Waals surface area contributed by atoms with Crippen LogP contribution < -0.4 is 15.6 Å². The molecule has 0 aliphatic heterocycles. The summed E-state index contributed by atoms with van der Waals surface area (Å²) in [6, 6.07) is 34.2. The molecule has 0 saturated carbocycles. The molecule has 0 unspecified atom stereocenters. The first kappa shape index (κ1) is 24.9. The molecule has 1 heterocycles. The lowest BCUT2D eigenvalue weighted by Gasteiger charge is -2.09. The first-order valence-electron chi connectivity index (χ1n) is 11.8. The third kappa shape index (κ3) is 5.77. The quantitative estimate of drug-likeness (QED) is 0.249. The van der Waals surface area contributed by atoms with Crippen LogP contribution in [0.4, 0.5) is 5.95 Å². The average molecular weight is 525 g/mol. The number of hydrazine groups is 1. The van der Waals surface area contributed by atoms with E-state index >= 15 is 0 Å². The fourth-order valence-corrected chi connectivity index (χ4v) is 4.57. The number of carbonyl (C=O) groups excluding carboxylic acids is 1. The van der Waals surface area contributed by atoms with E-state index in [0.29, 0.717) is 23.9 Å². The fraction of sp³-hybridized carbons (Fsp3) is 0.0357. The lowest BCUT2D eigenvalue weighted by atomic mass is 10.1. The van der Waals surface area contributed by atoms with Gasteiger partial charge in [0.25, 0.3) is 15.9 Å². The molecule has 0 aliphatic rings. The van der Waals surface area contributed by atoms with E-state index in [1.54, 1.807) is 47.1 Å². The van der Waals surface area contributed by atoms with Gasteiger partial charge in [-0.2, -0.15) is 4.98 Å². The van der Waals surface area contributed by atoms with Gasteiger partial charge in [-0.3, -0.25) is 10.2 Å². The maximum atomic E-state index is 12.4. The van der Waals surface area contributed by atoms with Crippen molar-refractivity contribution < 1.29 is 13.2 Å². The van der Waals surface area contributed by atoms with E-state index in [1.807, 2.05) is 60.7 Å². The van der Waals surface area contributed by atoms with Gasteiger partial charge in [0.05, 0.1) is 10.6 Å². The van der Waals surface area contributed by atoms with E-state index < -0.39 is 15.9 Å². The molecule has 3 N–H and O–H groups in total. The third-order valence-electron chi connectivity index (χ3n) is 5.66. The molecule has 0 atom stereocenters. The number of rotatable bonds is 9. The molecular weight excluding hydrogens is 500 g/mol. The van der Waals surface area contributed by atoms with Gasteiger partial charge in [-0.05, 0) is 42.0 Å². The molecule has 38 heavy (non-hydrogen) atoms. The zero-order chi connectivity index (χ0) is 26.4. The van der Waals surface area contributed by atoms with Crippen LogP contribution in [0.5, 0.6) is 0 Å². The Balaban J connectivity index is 1.25. The Kier molecular flexibility index (Phi) is 7.25. The second-order valence-corrected chi connectivity index (χ2v) is 9.98. The summed E-state index contributed by atoms with van der Waals surface area (Å²) >= 11 is 0. The Bertz CT molecular complexity index is 1570. The summed E-state index contributed by atoms with van der Waals surface area (Å²) in [4.78, 5) is 19.3. The molecule has 1 amide bonds. The van der Waals surface area contributed by atoms with Gasteiger partial charge < -0.3 is 5.32 Å². The number of anilines is 1. The van der Waals surface area contributed by atoms with Crippen molar-refractivity contribution in [3.05, 3.63) is 126 Å². The highest BCUT2D eigenvalue weighted by Crippen LogP contribution is 2.22.